The predicted octanol–water partition coefficient (Wildman–Crippen LogP) is 3.80. The summed E-state index contributed by atoms with van der Waals surface area (Å²) in [6, 6.07) is 15.2. The molecule has 2 rings (SSSR count). The predicted molar refractivity (Wildman–Crippen MR) is 122 cm³/mol. The molecule has 2 N–H and O–H groups in total. The molecule has 0 amide bonds. The van der Waals surface area contributed by atoms with Crippen LogP contribution in [0.2, 0.25) is 0 Å². The highest BCUT2D eigenvalue weighted by atomic mass is 127. The topological polar surface area (TPSA) is 39.7 Å². The second-order valence-corrected chi connectivity index (χ2v) is 6.55. The zero-order valence-corrected chi connectivity index (χ0v) is 18.7. The number of nitrogens with zero attached hydrogens (tertiary/aromatic N) is 2. The Labute approximate surface area is 179 Å². The summed E-state index contributed by atoms with van der Waals surface area (Å²) in [4.78, 5) is 6.80. The second-order valence-electron chi connectivity index (χ2n) is 6.55. The number of rotatable bonds is 8. The third-order valence-corrected chi connectivity index (χ3v) is 3.91. The van der Waals surface area contributed by atoms with Gasteiger partial charge in [-0.25, -0.2) is 9.38 Å². The molecule has 0 unspecified atom stereocenters. The average Bonchev–Trinajstić information content (AvgIpc) is 2.62. The van der Waals surface area contributed by atoms with Crippen molar-refractivity contribution in [1.29, 1.82) is 0 Å². The average molecular weight is 484 g/mol. The van der Waals surface area contributed by atoms with Crippen molar-refractivity contribution < 1.29 is 4.39 Å². The van der Waals surface area contributed by atoms with Crippen LogP contribution in [0.1, 0.15) is 23.6 Å². The monoisotopic (exact) mass is 484 g/mol. The molecule has 2 aromatic rings. The van der Waals surface area contributed by atoms with E-state index in [2.05, 4.69) is 58.9 Å². The maximum Gasteiger partial charge on any atom is 0.191 e. The van der Waals surface area contributed by atoms with Gasteiger partial charge in [0.2, 0.25) is 0 Å². The zero-order valence-electron chi connectivity index (χ0n) is 16.3. The third kappa shape index (κ3) is 9.19. The fraction of sp³-hybridized carbons (Fsp3) is 0.381. The molecule has 0 aromatic heterocycles. The molecule has 2 aromatic carbocycles. The van der Waals surface area contributed by atoms with E-state index in [9.17, 15) is 4.39 Å². The van der Waals surface area contributed by atoms with Gasteiger partial charge in [-0.2, -0.15) is 0 Å². The first kappa shape index (κ1) is 23.4. The van der Waals surface area contributed by atoms with E-state index < -0.39 is 0 Å². The van der Waals surface area contributed by atoms with Gasteiger partial charge in [0.05, 0.1) is 6.54 Å². The minimum atomic E-state index is -0.201. The smallest absolute Gasteiger partial charge is 0.191 e. The molecule has 0 aliphatic carbocycles. The Morgan fingerprint density at radius 1 is 0.926 bits per heavy atom. The summed E-state index contributed by atoms with van der Waals surface area (Å²) in [6.07, 6.45) is 0.823. The number of aliphatic imine (C=N–C) groups is 1. The van der Waals surface area contributed by atoms with E-state index in [1.807, 2.05) is 19.1 Å². The van der Waals surface area contributed by atoms with Crippen molar-refractivity contribution >= 4 is 29.9 Å². The Bertz CT molecular complexity index is 684. The highest BCUT2D eigenvalue weighted by Crippen LogP contribution is 2.07. The van der Waals surface area contributed by atoms with Gasteiger partial charge in [-0.3, -0.25) is 0 Å². The number of benzene rings is 2. The third-order valence-electron chi connectivity index (χ3n) is 3.91. The SMILES string of the molecule is CCNC(=NCc1ccc(CN(C)C)cc1)NCCc1ccc(F)cc1.I. The maximum atomic E-state index is 12.9. The highest BCUT2D eigenvalue weighted by Gasteiger charge is 2.00. The molecule has 27 heavy (non-hydrogen) atoms. The second kappa shape index (κ2) is 12.7. The van der Waals surface area contributed by atoms with Gasteiger partial charge in [-0.05, 0) is 56.3 Å². The Balaban J connectivity index is 0.00000364. The fourth-order valence-corrected chi connectivity index (χ4v) is 2.60. The van der Waals surface area contributed by atoms with Gasteiger partial charge in [0.25, 0.3) is 0 Å². The Morgan fingerprint density at radius 3 is 2.11 bits per heavy atom. The summed E-state index contributed by atoms with van der Waals surface area (Å²) < 4.78 is 12.9. The van der Waals surface area contributed by atoms with Crippen LogP contribution < -0.4 is 10.6 Å². The molecular formula is C21H30FIN4. The van der Waals surface area contributed by atoms with Crippen LogP contribution in [0.5, 0.6) is 0 Å². The summed E-state index contributed by atoms with van der Waals surface area (Å²) in [5, 5.41) is 6.59. The number of guanidine groups is 1. The molecule has 0 saturated heterocycles. The van der Waals surface area contributed by atoms with Gasteiger partial charge in [0.1, 0.15) is 5.82 Å². The van der Waals surface area contributed by atoms with Gasteiger partial charge in [0.15, 0.2) is 5.96 Å². The molecule has 0 spiro atoms. The standard InChI is InChI=1S/C21H29FN4.HI/c1-4-23-21(24-14-13-17-9-11-20(22)12-10-17)25-15-18-5-7-19(8-6-18)16-26(2)3;/h5-12H,4,13-16H2,1-3H3,(H2,23,24,25);1H. The normalized spacial score (nSPS) is 11.2. The van der Waals surface area contributed by atoms with Crippen LogP contribution in [0.4, 0.5) is 4.39 Å². The summed E-state index contributed by atoms with van der Waals surface area (Å²) in [7, 11) is 4.14. The van der Waals surface area contributed by atoms with E-state index in [0.717, 1.165) is 37.6 Å². The van der Waals surface area contributed by atoms with E-state index >= 15 is 0 Å². The number of hydrogen-bond donors (Lipinski definition) is 2. The van der Waals surface area contributed by atoms with Crippen LogP contribution in [0.15, 0.2) is 53.5 Å². The van der Waals surface area contributed by atoms with Gasteiger partial charge in [0, 0.05) is 19.6 Å². The Hall–Kier alpha value is -1.67. The van der Waals surface area contributed by atoms with Crippen molar-refractivity contribution in [3.05, 3.63) is 71.0 Å². The molecule has 148 valence electrons. The van der Waals surface area contributed by atoms with Crippen LogP contribution >= 0.6 is 24.0 Å². The van der Waals surface area contributed by atoms with Gasteiger partial charge < -0.3 is 15.5 Å². The summed E-state index contributed by atoms with van der Waals surface area (Å²) in [5.74, 6) is 0.597. The quantitative estimate of drug-likeness (QED) is 0.340. The lowest BCUT2D eigenvalue weighted by Crippen LogP contribution is -2.38. The summed E-state index contributed by atoms with van der Waals surface area (Å²) in [5.41, 5.74) is 3.58. The minimum Gasteiger partial charge on any atom is -0.357 e. The van der Waals surface area contributed by atoms with E-state index in [1.165, 1.54) is 23.3 Å². The van der Waals surface area contributed by atoms with Crippen molar-refractivity contribution in [2.24, 2.45) is 4.99 Å². The van der Waals surface area contributed by atoms with E-state index in [4.69, 9.17) is 0 Å². The first-order valence-electron chi connectivity index (χ1n) is 9.06. The molecule has 4 nitrogen and oxygen atoms in total. The number of halogens is 2. The molecule has 0 fully saturated rings. The van der Waals surface area contributed by atoms with Crippen LogP contribution in [-0.2, 0) is 19.5 Å². The minimum absolute atomic E-state index is 0. The lowest BCUT2D eigenvalue weighted by molar-refractivity contribution is 0.402. The molecule has 0 bridgehead atoms. The van der Waals surface area contributed by atoms with E-state index in [1.54, 1.807) is 0 Å². The molecule has 0 saturated carbocycles. The van der Waals surface area contributed by atoms with Crippen LogP contribution in [0.3, 0.4) is 0 Å². The lowest BCUT2D eigenvalue weighted by Gasteiger charge is -2.12. The molecular weight excluding hydrogens is 454 g/mol. The van der Waals surface area contributed by atoms with Gasteiger partial charge in [-0.15, -0.1) is 24.0 Å². The first-order valence-corrected chi connectivity index (χ1v) is 9.06. The lowest BCUT2D eigenvalue weighted by atomic mass is 10.1. The molecule has 0 aliphatic rings. The molecule has 0 heterocycles. The highest BCUT2D eigenvalue weighted by molar-refractivity contribution is 14.0. The summed E-state index contributed by atoms with van der Waals surface area (Å²) in [6.45, 7) is 5.18. The molecule has 0 aliphatic heterocycles. The number of hydrogen-bond acceptors (Lipinski definition) is 2. The Morgan fingerprint density at radius 2 is 1.52 bits per heavy atom. The first-order chi connectivity index (χ1) is 12.6. The van der Waals surface area contributed by atoms with Crippen molar-refractivity contribution in [2.75, 3.05) is 27.2 Å². The Kier molecular flexibility index (Phi) is 11.0. The van der Waals surface area contributed by atoms with E-state index in [-0.39, 0.29) is 29.8 Å². The fourth-order valence-electron chi connectivity index (χ4n) is 2.60. The number of nitrogens with one attached hydrogen (secondary N) is 2. The van der Waals surface area contributed by atoms with Gasteiger partial charge >= 0.3 is 0 Å². The van der Waals surface area contributed by atoms with Crippen molar-refractivity contribution in [1.82, 2.24) is 15.5 Å². The largest absolute Gasteiger partial charge is 0.357 e. The zero-order chi connectivity index (χ0) is 18.8. The molecule has 0 atom stereocenters. The van der Waals surface area contributed by atoms with Gasteiger partial charge in [-0.1, -0.05) is 36.4 Å². The molecule has 6 heteroatoms. The molecule has 0 radical (unpaired) electrons. The van der Waals surface area contributed by atoms with Crippen molar-refractivity contribution in [3.63, 3.8) is 0 Å². The van der Waals surface area contributed by atoms with Crippen LogP contribution in [0, 0.1) is 5.82 Å². The summed E-state index contributed by atoms with van der Waals surface area (Å²) >= 11 is 0. The van der Waals surface area contributed by atoms with Crippen molar-refractivity contribution in [3.8, 4) is 0 Å². The van der Waals surface area contributed by atoms with Crippen LogP contribution in [-0.4, -0.2) is 38.0 Å². The van der Waals surface area contributed by atoms with E-state index in [0.29, 0.717) is 6.54 Å². The van der Waals surface area contributed by atoms with Crippen molar-refractivity contribution in [2.45, 2.75) is 26.4 Å². The maximum absolute atomic E-state index is 12.9. The van der Waals surface area contributed by atoms with Crippen LogP contribution in [0.25, 0.3) is 0 Å².